The second kappa shape index (κ2) is 8.80. The van der Waals surface area contributed by atoms with Gasteiger partial charge in [0.1, 0.15) is 34.6 Å². The van der Waals surface area contributed by atoms with Gasteiger partial charge in [0.25, 0.3) is 5.91 Å². The summed E-state index contributed by atoms with van der Waals surface area (Å²) in [6.07, 6.45) is -0.258. The van der Waals surface area contributed by atoms with Gasteiger partial charge in [-0.05, 0) is 35.2 Å². The maximum atomic E-state index is 14.7. The number of amides is 2. The average molecular weight is 494 g/mol. The van der Waals surface area contributed by atoms with E-state index in [1.807, 2.05) is 0 Å². The van der Waals surface area contributed by atoms with Gasteiger partial charge in [0, 0.05) is 6.07 Å². The molecule has 4 rings (SSSR count). The summed E-state index contributed by atoms with van der Waals surface area (Å²) in [6, 6.07) is 5.90. The molecule has 0 spiro atoms. The Morgan fingerprint density at radius 3 is 2.64 bits per heavy atom. The van der Waals surface area contributed by atoms with Gasteiger partial charge < -0.3 is 14.6 Å². The second-order valence-corrected chi connectivity index (χ2v) is 8.18. The van der Waals surface area contributed by atoms with E-state index < -0.39 is 35.1 Å². The molecule has 0 saturated carbocycles. The fourth-order valence-electron chi connectivity index (χ4n) is 3.44. The zero-order valence-electron chi connectivity index (χ0n) is 16.9. The molecule has 0 fully saturated rings. The van der Waals surface area contributed by atoms with Crippen molar-refractivity contribution in [3.05, 3.63) is 73.9 Å². The van der Waals surface area contributed by atoms with Crippen LogP contribution in [-0.4, -0.2) is 30.0 Å². The molecule has 2 amide bonds. The first-order valence-electron chi connectivity index (χ1n) is 9.37. The molecular weight excluding hydrogens is 480 g/mol. The molecule has 1 N–H and O–H groups in total. The van der Waals surface area contributed by atoms with Gasteiger partial charge in [0.05, 0.1) is 35.4 Å². The molecule has 0 radical (unpaired) electrons. The van der Waals surface area contributed by atoms with E-state index in [2.05, 4.69) is 0 Å². The number of halogens is 3. The number of methoxy groups -OCH3 is 1. The Balaban J connectivity index is 1.67. The van der Waals surface area contributed by atoms with Crippen LogP contribution in [0.3, 0.4) is 0 Å². The summed E-state index contributed by atoms with van der Waals surface area (Å²) in [6.45, 7) is -0.245. The third-order valence-electron chi connectivity index (χ3n) is 4.98. The molecule has 170 valence electrons. The molecule has 33 heavy (non-hydrogen) atoms. The third kappa shape index (κ3) is 4.03. The van der Waals surface area contributed by atoms with Gasteiger partial charge in [0.15, 0.2) is 0 Å². The van der Waals surface area contributed by atoms with Crippen LogP contribution in [0.2, 0.25) is 5.02 Å². The fourth-order valence-corrected chi connectivity index (χ4v) is 4.55. The van der Waals surface area contributed by atoms with E-state index >= 15 is 0 Å². The van der Waals surface area contributed by atoms with Crippen molar-refractivity contribution < 1.29 is 37.7 Å². The third-order valence-corrected chi connectivity index (χ3v) is 6.41. The van der Waals surface area contributed by atoms with Crippen LogP contribution in [0.15, 0.2) is 35.7 Å². The Labute approximate surface area is 194 Å². The lowest BCUT2D eigenvalue weighted by atomic mass is 10.0. The maximum Gasteiger partial charge on any atom is 0.346 e. The molecule has 2 aromatic carbocycles. The number of imide groups is 1. The first kappa shape index (κ1) is 22.7. The van der Waals surface area contributed by atoms with E-state index in [0.29, 0.717) is 4.90 Å². The van der Waals surface area contributed by atoms with Crippen LogP contribution in [0.4, 0.5) is 14.5 Å². The van der Waals surface area contributed by atoms with E-state index in [9.17, 15) is 28.3 Å². The van der Waals surface area contributed by atoms with E-state index in [-0.39, 0.29) is 51.1 Å². The molecule has 0 bridgehead atoms. The van der Waals surface area contributed by atoms with Crippen LogP contribution in [0.5, 0.6) is 11.5 Å². The van der Waals surface area contributed by atoms with Crippen LogP contribution in [0.1, 0.15) is 31.2 Å². The summed E-state index contributed by atoms with van der Waals surface area (Å²) in [5, 5.41) is 10.6. The number of carboxylic acids is 1. The van der Waals surface area contributed by atoms with E-state index in [4.69, 9.17) is 21.1 Å². The Morgan fingerprint density at radius 2 is 1.94 bits per heavy atom. The SMILES string of the molecule is COc1ccc(F)c(Cl)c1COc1ccc(F)c(N2C(=O)Cc3csc(C(=O)O)c3C2=O)c1. The molecular formula is C22H14ClF2NO6S. The Bertz CT molecular complexity index is 1310. The van der Waals surface area contributed by atoms with Gasteiger partial charge in [-0.2, -0.15) is 0 Å². The van der Waals surface area contributed by atoms with E-state index in [0.717, 1.165) is 29.5 Å². The van der Waals surface area contributed by atoms with Crippen molar-refractivity contribution in [1.29, 1.82) is 0 Å². The monoisotopic (exact) mass is 493 g/mol. The Kier molecular flexibility index (Phi) is 6.05. The number of thiophene rings is 1. The number of hydrogen-bond donors (Lipinski definition) is 1. The largest absolute Gasteiger partial charge is 0.496 e. The smallest absolute Gasteiger partial charge is 0.346 e. The van der Waals surface area contributed by atoms with Gasteiger partial charge in [-0.15, -0.1) is 11.3 Å². The highest BCUT2D eigenvalue weighted by Crippen LogP contribution is 2.35. The summed E-state index contributed by atoms with van der Waals surface area (Å²) in [5.41, 5.74) is -0.0458. The molecule has 0 atom stereocenters. The normalized spacial score (nSPS) is 13.2. The zero-order valence-corrected chi connectivity index (χ0v) is 18.4. The first-order valence-corrected chi connectivity index (χ1v) is 10.6. The molecule has 11 heteroatoms. The summed E-state index contributed by atoms with van der Waals surface area (Å²) in [7, 11) is 1.38. The van der Waals surface area contributed by atoms with E-state index in [1.165, 1.54) is 24.6 Å². The second-order valence-electron chi connectivity index (χ2n) is 6.93. The minimum absolute atomic E-state index is 0.0592. The van der Waals surface area contributed by atoms with Crippen molar-refractivity contribution in [2.75, 3.05) is 12.0 Å². The number of carboxylic acid groups (broad SMARTS) is 1. The predicted molar refractivity (Wildman–Crippen MR) is 115 cm³/mol. The number of ether oxygens (including phenoxy) is 2. The van der Waals surface area contributed by atoms with Crippen LogP contribution < -0.4 is 14.4 Å². The molecule has 7 nitrogen and oxygen atoms in total. The van der Waals surface area contributed by atoms with Crippen LogP contribution >= 0.6 is 22.9 Å². The van der Waals surface area contributed by atoms with Crippen molar-refractivity contribution in [2.24, 2.45) is 0 Å². The quantitative estimate of drug-likeness (QED) is 0.501. The molecule has 2 heterocycles. The van der Waals surface area contributed by atoms with Crippen molar-refractivity contribution in [3.63, 3.8) is 0 Å². The summed E-state index contributed by atoms with van der Waals surface area (Å²) < 4.78 is 39.3. The number of benzene rings is 2. The lowest BCUT2D eigenvalue weighted by molar-refractivity contribution is -0.117. The summed E-state index contributed by atoms with van der Waals surface area (Å²) >= 11 is 6.82. The highest BCUT2D eigenvalue weighted by molar-refractivity contribution is 7.12. The molecule has 0 saturated heterocycles. The first-order chi connectivity index (χ1) is 15.7. The molecule has 1 aliphatic rings. The van der Waals surface area contributed by atoms with Gasteiger partial charge in [-0.3, -0.25) is 9.59 Å². The van der Waals surface area contributed by atoms with Crippen LogP contribution in [0.25, 0.3) is 0 Å². The van der Waals surface area contributed by atoms with Gasteiger partial charge in [-0.25, -0.2) is 18.5 Å². The van der Waals surface area contributed by atoms with Crippen molar-refractivity contribution in [2.45, 2.75) is 13.0 Å². The van der Waals surface area contributed by atoms with Crippen molar-refractivity contribution in [3.8, 4) is 11.5 Å². The molecule has 3 aromatic rings. The van der Waals surface area contributed by atoms with Crippen molar-refractivity contribution in [1.82, 2.24) is 0 Å². The van der Waals surface area contributed by atoms with Gasteiger partial charge in [0.2, 0.25) is 5.91 Å². The molecule has 0 unspecified atom stereocenters. The minimum atomic E-state index is -1.32. The van der Waals surface area contributed by atoms with Crippen LogP contribution in [-0.2, 0) is 17.8 Å². The van der Waals surface area contributed by atoms with Crippen LogP contribution in [0, 0.1) is 11.6 Å². The van der Waals surface area contributed by atoms with E-state index in [1.54, 1.807) is 0 Å². The standard InChI is InChI=1S/C22H14ClF2NO6S/c1-31-16-5-4-14(25)19(23)12(16)8-32-11-2-3-13(24)15(7-11)26-17(27)6-10-9-33-20(22(29)30)18(10)21(26)28/h2-5,7,9H,6,8H2,1H3,(H,29,30). The number of anilines is 1. The number of fused-ring (bicyclic) bond motifs is 1. The molecule has 1 aromatic heterocycles. The van der Waals surface area contributed by atoms with Gasteiger partial charge >= 0.3 is 5.97 Å². The average Bonchev–Trinajstić information content (AvgIpc) is 3.21. The number of hydrogen-bond acceptors (Lipinski definition) is 6. The highest BCUT2D eigenvalue weighted by Gasteiger charge is 2.38. The minimum Gasteiger partial charge on any atom is -0.496 e. The number of carbonyl (C=O) groups excluding carboxylic acids is 2. The fraction of sp³-hybridized carbons (Fsp3) is 0.136. The number of nitrogens with zero attached hydrogens (tertiary/aromatic N) is 1. The highest BCUT2D eigenvalue weighted by atomic mass is 35.5. The molecule has 0 aliphatic carbocycles. The lowest BCUT2D eigenvalue weighted by Crippen LogP contribution is -2.43. The summed E-state index contributed by atoms with van der Waals surface area (Å²) in [4.78, 5) is 37.5. The Hall–Kier alpha value is -3.50. The number of rotatable bonds is 6. The van der Waals surface area contributed by atoms with Crippen molar-refractivity contribution >= 4 is 46.4 Å². The summed E-state index contributed by atoms with van der Waals surface area (Å²) in [5.74, 6) is -4.20. The number of carbonyl (C=O) groups is 3. The lowest BCUT2D eigenvalue weighted by Gasteiger charge is -2.26. The topological polar surface area (TPSA) is 93.1 Å². The predicted octanol–water partition coefficient (Wildman–Crippen LogP) is 4.70. The Morgan fingerprint density at radius 1 is 1.21 bits per heavy atom. The van der Waals surface area contributed by atoms with Gasteiger partial charge in [-0.1, -0.05) is 11.6 Å². The molecule has 1 aliphatic heterocycles. The number of aromatic carboxylic acids is 1. The maximum absolute atomic E-state index is 14.7. The zero-order chi connectivity index (χ0) is 23.9.